The fraction of sp³-hybridized carbons (Fsp3) is 0.355. The van der Waals surface area contributed by atoms with Crippen LogP contribution in [0.15, 0.2) is 78.9 Å². The molecule has 0 spiro atoms. The molecule has 1 fully saturated rings. The van der Waals surface area contributed by atoms with E-state index in [9.17, 15) is 0 Å². The lowest BCUT2D eigenvalue weighted by atomic mass is 10.1. The highest BCUT2D eigenvalue weighted by Gasteiger charge is 2.50. The highest BCUT2D eigenvalue weighted by atomic mass is 28.3. The van der Waals surface area contributed by atoms with Crippen LogP contribution in [0.25, 0.3) is 5.70 Å². The van der Waals surface area contributed by atoms with Crippen molar-refractivity contribution in [2.45, 2.75) is 58.5 Å². The molecule has 1 heterocycles. The van der Waals surface area contributed by atoms with E-state index in [0.717, 1.165) is 0 Å². The summed E-state index contributed by atoms with van der Waals surface area (Å²) in [5.74, 6) is 0. The Morgan fingerprint density at radius 3 is 1.82 bits per heavy atom. The molecule has 0 radical (unpaired) electrons. The van der Waals surface area contributed by atoms with E-state index in [0.29, 0.717) is 5.54 Å². The summed E-state index contributed by atoms with van der Waals surface area (Å²) in [4.78, 5) is 6.94. The maximum absolute atomic E-state index is 4.31. The quantitative estimate of drug-likeness (QED) is 0.498. The molecular weight excluding hydrogens is 428 g/mol. The van der Waals surface area contributed by atoms with Gasteiger partial charge in [-0.3, -0.25) is 0 Å². The van der Waals surface area contributed by atoms with E-state index in [1.165, 1.54) is 64.3 Å². The molecule has 2 aliphatic rings. The number of nitrogens with zero attached hydrogens (tertiary/aromatic N) is 1. The Bertz CT molecular complexity index is 1130. The number of nitrogens with one attached hydrogen (secondary N) is 1. The Balaban J connectivity index is 1.80. The van der Waals surface area contributed by atoms with Gasteiger partial charge in [-0.25, -0.2) is 0 Å². The third-order valence-electron chi connectivity index (χ3n) is 7.40. The van der Waals surface area contributed by atoms with Crippen LogP contribution in [0.1, 0.15) is 61.4 Å². The van der Waals surface area contributed by atoms with E-state index >= 15 is 0 Å². The molecule has 3 aromatic carbocycles. The number of benzene rings is 3. The fourth-order valence-electron chi connectivity index (χ4n) is 5.90. The third-order valence-corrected chi connectivity index (χ3v) is 12.4. The summed E-state index contributed by atoms with van der Waals surface area (Å²) in [6.07, 6.45) is 5.21. The summed E-state index contributed by atoms with van der Waals surface area (Å²) in [6, 6.07) is 27.9. The second-order valence-corrected chi connectivity index (χ2v) is 14.9. The third kappa shape index (κ3) is 4.16. The molecule has 1 aliphatic carbocycles. The molecule has 1 saturated heterocycles. The van der Waals surface area contributed by atoms with Crippen LogP contribution in [-0.4, -0.2) is 31.8 Å². The van der Waals surface area contributed by atoms with Gasteiger partial charge in [-0.15, -0.1) is 0 Å². The molecule has 34 heavy (non-hydrogen) atoms. The fourth-order valence-corrected chi connectivity index (χ4v) is 11.1. The first kappa shape index (κ1) is 23.1. The SMILES string of the molecule is Cc1ccc([Si](NC(C)(C)C)(c2ccc(C)cc2)C2C=C(N3CCCC3)c3ccccc32)cc1. The van der Waals surface area contributed by atoms with Gasteiger partial charge >= 0.3 is 0 Å². The maximum atomic E-state index is 4.31. The largest absolute Gasteiger partial charge is 0.371 e. The Hall–Kier alpha value is -2.62. The normalized spacial score (nSPS) is 18.2. The molecule has 176 valence electrons. The van der Waals surface area contributed by atoms with Crippen LogP contribution >= 0.6 is 0 Å². The molecule has 3 heteroatoms. The minimum atomic E-state index is -2.49. The van der Waals surface area contributed by atoms with Gasteiger partial charge in [0.05, 0.1) is 0 Å². The summed E-state index contributed by atoms with van der Waals surface area (Å²) in [5.41, 5.74) is 7.28. The van der Waals surface area contributed by atoms with Crippen molar-refractivity contribution in [1.29, 1.82) is 0 Å². The molecule has 0 bridgehead atoms. The predicted molar refractivity (Wildman–Crippen MR) is 148 cm³/mol. The molecule has 2 nitrogen and oxygen atoms in total. The van der Waals surface area contributed by atoms with Crippen LogP contribution in [0.2, 0.25) is 0 Å². The van der Waals surface area contributed by atoms with E-state index in [1.54, 1.807) is 0 Å². The molecule has 1 N–H and O–H groups in total. The standard InChI is InChI=1S/C31H38N2Si/c1-23-12-16-25(17-13-23)34(32-31(3,4)5,26-18-14-24(2)15-19-26)30-22-29(33-20-8-9-21-33)27-10-6-7-11-28(27)30/h6-7,10-19,22,30,32H,8-9,20-21H2,1-5H3. The molecule has 1 aliphatic heterocycles. The highest BCUT2D eigenvalue weighted by Crippen LogP contribution is 2.43. The van der Waals surface area contributed by atoms with Gasteiger partial charge < -0.3 is 9.88 Å². The van der Waals surface area contributed by atoms with Crippen molar-refractivity contribution in [3.8, 4) is 0 Å². The minimum Gasteiger partial charge on any atom is -0.371 e. The molecule has 3 aromatic rings. The van der Waals surface area contributed by atoms with Crippen molar-refractivity contribution in [3.63, 3.8) is 0 Å². The van der Waals surface area contributed by atoms with Crippen LogP contribution in [0.3, 0.4) is 0 Å². The topological polar surface area (TPSA) is 15.3 Å². The summed E-state index contributed by atoms with van der Waals surface area (Å²) in [7, 11) is -2.49. The first-order valence-electron chi connectivity index (χ1n) is 12.8. The average Bonchev–Trinajstić information content (AvgIpc) is 3.46. The van der Waals surface area contributed by atoms with Crippen molar-refractivity contribution in [2.24, 2.45) is 0 Å². The predicted octanol–water partition coefficient (Wildman–Crippen LogP) is 5.52. The van der Waals surface area contributed by atoms with Gasteiger partial charge in [0.1, 0.15) is 0 Å². The van der Waals surface area contributed by atoms with Gasteiger partial charge in [0.15, 0.2) is 0 Å². The van der Waals surface area contributed by atoms with Crippen molar-refractivity contribution < 1.29 is 0 Å². The lowest BCUT2D eigenvalue weighted by molar-refractivity contribution is 0.493. The van der Waals surface area contributed by atoms with Gasteiger partial charge in [-0.1, -0.05) is 90.0 Å². The average molecular weight is 467 g/mol. The molecule has 1 unspecified atom stereocenters. The Kier molecular flexibility index (Phi) is 6.03. The molecule has 1 atom stereocenters. The lowest BCUT2D eigenvalue weighted by Crippen LogP contribution is -2.75. The Morgan fingerprint density at radius 1 is 0.765 bits per heavy atom. The Morgan fingerprint density at radius 2 is 1.29 bits per heavy atom. The van der Waals surface area contributed by atoms with Crippen LogP contribution in [0.4, 0.5) is 0 Å². The number of rotatable bonds is 5. The summed E-state index contributed by atoms with van der Waals surface area (Å²) >= 11 is 0. The summed E-state index contributed by atoms with van der Waals surface area (Å²) in [5, 5.41) is 2.91. The van der Waals surface area contributed by atoms with E-state index in [-0.39, 0.29) is 5.54 Å². The number of likely N-dealkylation sites (tertiary alicyclic amines) is 1. The molecular formula is C31H38N2Si. The van der Waals surface area contributed by atoms with Gasteiger partial charge in [0.2, 0.25) is 8.24 Å². The van der Waals surface area contributed by atoms with Crippen LogP contribution < -0.4 is 15.4 Å². The second kappa shape index (κ2) is 8.87. The van der Waals surface area contributed by atoms with Gasteiger partial charge in [-0.2, -0.15) is 0 Å². The number of hydrogen-bond acceptors (Lipinski definition) is 2. The maximum Gasteiger partial charge on any atom is 0.201 e. The Labute approximate surface area is 206 Å². The zero-order valence-electron chi connectivity index (χ0n) is 21.4. The van der Waals surface area contributed by atoms with Gasteiger partial charge in [0.25, 0.3) is 0 Å². The van der Waals surface area contributed by atoms with E-state index in [2.05, 4.69) is 123 Å². The van der Waals surface area contributed by atoms with E-state index in [1.807, 2.05) is 0 Å². The van der Waals surface area contributed by atoms with E-state index in [4.69, 9.17) is 0 Å². The number of allylic oxidation sites excluding steroid dienone is 1. The van der Waals surface area contributed by atoms with Gasteiger partial charge in [-0.05, 0) is 63.4 Å². The van der Waals surface area contributed by atoms with Gasteiger partial charge in [0, 0.05) is 35.4 Å². The number of hydrogen-bond donors (Lipinski definition) is 1. The first-order chi connectivity index (χ1) is 16.3. The van der Waals surface area contributed by atoms with Crippen molar-refractivity contribution >= 4 is 24.3 Å². The van der Waals surface area contributed by atoms with E-state index < -0.39 is 8.24 Å². The zero-order chi connectivity index (χ0) is 23.9. The lowest BCUT2D eigenvalue weighted by Gasteiger charge is -2.43. The highest BCUT2D eigenvalue weighted by molar-refractivity contribution is 7.02. The molecule has 0 aromatic heterocycles. The summed E-state index contributed by atoms with van der Waals surface area (Å²) < 4.78 is 0. The number of aryl methyl sites for hydroxylation is 2. The monoisotopic (exact) mass is 466 g/mol. The van der Waals surface area contributed by atoms with Crippen molar-refractivity contribution in [2.75, 3.05) is 13.1 Å². The first-order valence-corrected chi connectivity index (χ1v) is 14.9. The zero-order valence-corrected chi connectivity index (χ0v) is 22.4. The molecule has 5 rings (SSSR count). The van der Waals surface area contributed by atoms with Crippen molar-refractivity contribution in [1.82, 2.24) is 9.88 Å². The molecule has 0 amide bonds. The summed E-state index contributed by atoms with van der Waals surface area (Å²) in [6.45, 7) is 13.7. The van der Waals surface area contributed by atoms with Crippen LogP contribution in [-0.2, 0) is 0 Å². The van der Waals surface area contributed by atoms with Crippen molar-refractivity contribution in [3.05, 3.63) is 101 Å². The second-order valence-electron chi connectivity index (χ2n) is 11.2. The minimum absolute atomic E-state index is 0.0266. The number of fused-ring (bicyclic) bond motifs is 1. The molecule has 0 saturated carbocycles. The van der Waals surface area contributed by atoms with Crippen LogP contribution in [0.5, 0.6) is 0 Å². The smallest absolute Gasteiger partial charge is 0.201 e. The van der Waals surface area contributed by atoms with Crippen LogP contribution in [0, 0.1) is 13.8 Å².